The van der Waals surface area contributed by atoms with Gasteiger partial charge in [0, 0.05) is 25.7 Å². The summed E-state index contributed by atoms with van der Waals surface area (Å²) in [6, 6.07) is 0. The van der Waals surface area contributed by atoms with Gasteiger partial charge < -0.3 is 33.8 Å². The summed E-state index contributed by atoms with van der Waals surface area (Å²) >= 11 is 0. The Labute approximate surface area is 645 Å². The largest absolute Gasteiger partial charge is 0.472 e. The van der Waals surface area contributed by atoms with Crippen LogP contribution < -0.4 is 0 Å². The van der Waals surface area contributed by atoms with E-state index in [0.29, 0.717) is 25.7 Å². The molecule has 3 unspecified atom stereocenters. The highest BCUT2D eigenvalue weighted by Gasteiger charge is 2.30. The summed E-state index contributed by atoms with van der Waals surface area (Å²) in [4.78, 5) is 73.2. The van der Waals surface area contributed by atoms with Crippen molar-refractivity contribution in [1.29, 1.82) is 0 Å². The SMILES string of the molecule is CCCCCCCCCCCCCCCCCCCCCCC(=O)OC[C@H](COP(=O)(O)OC[C@@H](O)COP(=O)(O)OC[C@@H](COC(=O)CCCCCCCCCCC(C)CC)OC(=O)CCCCCCCCCCCCCCC)OC(=O)CCCCCCCCCCCCCCCCCCCCCC. The molecule has 0 saturated heterocycles. The number of carbonyl (C=O) groups is 4. The summed E-state index contributed by atoms with van der Waals surface area (Å²) in [5.41, 5.74) is 0. The Kier molecular flexibility index (Phi) is 77.3. The Morgan fingerprint density at radius 1 is 0.267 bits per heavy atom. The molecule has 105 heavy (non-hydrogen) atoms. The maximum atomic E-state index is 13.2. The molecule has 0 aliphatic rings. The number of carbonyl (C=O) groups excluding carboxylic acids is 4. The first-order chi connectivity index (χ1) is 51.1. The highest BCUT2D eigenvalue weighted by atomic mass is 31.2. The van der Waals surface area contributed by atoms with Crippen LogP contribution in [0.1, 0.15) is 465 Å². The number of phosphoric acid groups is 2. The molecule has 0 saturated carbocycles. The summed E-state index contributed by atoms with van der Waals surface area (Å²) in [5, 5.41) is 10.7. The van der Waals surface area contributed by atoms with Crippen molar-refractivity contribution in [3.8, 4) is 0 Å². The van der Waals surface area contributed by atoms with Gasteiger partial charge in [0.05, 0.1) is 26.4 Å². The standard InChI is InChI=1S/C86H168O17P2/c1-6-10-13-16-19-22-25-28-30-32-34-36-38-40-43-45-48-54-59-64-69-83(88)96-75-81(102-86(91)72-67-62-57-50-47-44-41-39-37-35-33-31-29-26-23-20-17-14-11-7-2)77-100-104(92,93)98-73-80(87)74-99-105(94,95)101-78-82(76-97-84(89)70-65-60-55-52-51-53-58-63-68-79(5)9-4)103-85(90)71-66-61-56-49-46-42-27-24-21-18-15-12-8-3/h79-82,87H,6-78H2,1-5H3,(H,92,93)(H,94,95)/t79?,80-,81-,82-/m1/s1. The molecular weight excluding hydrogens is 1370 g/mol. The van der Waals surface area contributed by atoms with Crippen molar-refractivity contribution < 1.29 is 80.2 Å². The van der Waals surface area contributed by atoms with E-state index in [2.05, 4.69) is 34.6 Å². The lowest BCUT2D eigenvalue weighted by Crippen LogP contribution is -2.30. The van der Waals surface area contributed by atoms with E-state index in [9.17, 15) is 43.2 Å². The van der Waals surface area contributed by atoms with Crippen LogP contribution in [0.15, 0.2) is 0 Å². The van der Waals surface area contributed by atoms with E-state index in [4.69, 9.17) is 37.0 Å². The van der Waals surface area contributed by atoms with E-state index in [1.54, 1.807) is 0 Å². The van der Waals surface area contributed by atoms with Gasteiger partial charge in [0.25, 0.3) is 0 Å². The fourth-order valence-electron chi connectivity index (χ4n) is 13.4. The normalized spacial score (nSPS) is 14.0. The predicted octanol–water partition coefficient (Wildman–Crippen LogP) is 26.4. The third-order valence-corrected chi connectivity index (χ3v) is 22.5. The Morgan fingerprint density at radius 3 is 0.676 bits per heavy atom. The molecule has 0 aliphatic carbocycles. The van der Waals surface area contributed by atoms with Crippen LogP contribution in [0.3, 0.4) is 0 Å². The van der Waals surface area contributed by atoms with Crippen LogP contribution in [0.25, 0.3) is 0 Å². The second-order valence-corrected chi connectivity index (χ2v) is 34.1. The first-order valence-corrected chi connectivity index (χ1v) is 47.7. The molecule has 0 fully saturated rings. The zero-order valence-corrected chi connectivity index (χ0v) is 70.7. The fourth-order valence-corrected chi connectivity index (χ4v) is 15.0. The summed E-state index contributed by atoms with van der Waals surface area (Å²) in [6.07, 6.45) is 72.2. The van der Waals surface area contributed by atoms with Crippen molar-refractivity contribution in [2.24, 2.45) is 5.92 Å². The van der Waals surface area contributed by atoms with Crippen molar-refractivity contribution in [2.75, 3.05) is 39.6 Å². The maximum Gasteiger partial charge on any atom is 0.472 e. The second kappa shape index (κ2) is 78.7. The van der Waals surface area contributed by atoms with Gasteiger partial charge in [-0.05, 0) is 31.6 Å². The highest BCUT2D eigenvalue weighted by Crippen LogP contribution is 2.45. The molecule has 17 nitrogen and oxygen atoms in total. The Morgan fingerprint density at radius 2 is 0.457 bits per heavy atom. The lowest BCUT2D eigenvalue weighted by Gasteiger charge is -2.21. The number of phosphoric ester groups is 2. The number of hydrogen-bond donors (Lipinski definition) is 3. The number of unbranched alkanes of at least 4 members (excludes halogenated alkanes) is 57. The van der Waals surface area contributed by atoms with Crippen LogP contribution in [-0.4, -0.2) is 96.7 Å². The molecule has 0 bridgehead atoms. The molecule has 0 amide bonds. The summed E-state index contributed by atoms with van der Waals surface area (Å²) in [5.74, 6) is -1.32. The monoisotopic (exact) mass is 1540 g/mol. The third-order valence-electron chi connectivity index (χ3n) is 20.6. The molecule has 0 heterocycles. The maximum absolute atomic E-state index is 13.2. The summed E-state index contributed by atoms with van der Waals surface area (Å²) in [6.45, 7) is 7.36. The molecule has 0 aliphatic heterocycles. The molecule has 624 valence electrons. The zero-order chi connectivity index (χ0) is 76.9. The number of esters is 4. The molecule has 0 radical (unpaired) electrons. The molecule has 6 atom stereocenters. The molecule has 0 aromatic rings. The number of ether oxygens (including phenoxy) is 4. The molecule has 0 spiro atoms. The minimum atomic E-state index is -4.97. The molecule has 0 aromatic heterocycles. The number of aliphatic hydroxyl groups is 1. The molecule has 3 N–H and O–H groups in total. The van der Waals surface area contributed by atoms with Crippen LogP contribution in [-0.2, 0) is 65.4 Å². The number of aliphatic hydroxyl groups excluding tert-OH is 1. The lowest BCUT2D eigenvalue weighted by atomic mass is 9.99. The van der Waals surface area contributed by atoms with Gasteiger partial charge in [-0.3, -0.25) is 37.3 Å². The third kappa shape index (κ3) is 78.5. The quantitative estimate of drug-likeness (QED) is 0.0222. The molecule has 0 aromatic carbocycles. The summed E-state index contributed by atoms with van der Waals surface area (Å²) in [7, 11) is -9.93. The van der Waals surface area contributed by atoms with Gasteiger partial charge in [0.15, 0.2) is 12.2 Å². The predicted molar refractivity (Wildman–Crippen MR) is 432 cm³/mol. The first kappa shape index (κ1) is 103. The van der Waals surface area contributed by atoms with Crippen molar-refractivity contribution in [1.82, 2.24) is 0 Å². The van der Waals surface area contributed by atoms with Crippen molar-refractivity contribution in [3.63, 3.8) is 0 Å². The topological polar surface area (TPSA) is 237 Å². The Bertz CT molecular complexity index is 2000. The van der Waals surface area contributed by atoms with Crippen LogP contribution in [0.5, 0.6) is 0 Å². The number of rotatable bonds is 86. The van der Waals surface area contributed by atoms with Crippen molar-refractivity contribution in [3.05, 3.63) is 0 Å². The van der Waals surface area contributed by atoms with Crippen LogP contribution in [0.2, 0.25) is 0 Å². The van der Waals surface area contributed by atoms with Gasteiger partial charge in [-0.25, -0.2) is 9.13 Å². The van der Waals surface area contributed by atoms with E-state index >= 15 is 0 Å². The van der Waals surface area contributed by atoms with Gasteiger partial charge in [-0.15, -0.1) is 0 Å². The first-order valence-electron chi connectivity index (χ1n) is 44.7. The fraction of sp³-hybridized carbons (Fsp3) is 0.953. The van der Waals surface area contributed by atoms with Gasteiger partial charge in [-0.2, -0.15) is 0 Å². The molecule has 19 heteroatoms. The van der Waals surface area contributed by atoms with Gasteiger partial charge in [0.2, 0.25) is 0 Å². The smallest absolute Gasteiger partial charge is 0.462 e. The van der Waals surface area contributed by atoms with E-state index in [0.717, 1.165) is 95.8 Å². The number of hydrogen-bond acceptors (Lipinski definition) is 15. The zero-order valence-electron chi connectivity index (χ0n) is 68.9. The van der Waals surface area contributed by atoms with Crippen LogP contribution in [0.4, 0.5) is 0 Å². The van der Waals surface area contributed by atoms with E-state index in [1.807, 2.05) is 0 Å². The van der Waals surface area contributed by atoms with Gasteiger partial charge in [-0.1, -0.05) is 413 Å². The molecular formula is C86H168O17P2. The summed E-state index contributed by atoms with van der Waals surface area (Å²) < 4.78 is 68.9. The Balaban J connectivity index is 5.23. The lowest BCUT2D eigenvalue weighted by molar-refractivity contribution is -0.161. The molecule has 0 rings (SSSR count). The van der Waals surface area contributed by atoms with E-state index in [-0.39, 0.29) is 25.7 Å². The average molecular weight is 1540 g/mol. The van der Waals surface area contributed by atoms with Crippen molar-refractivity contribution in [2.45, 2.75) is 483 Å². The highest BCUT2D eigenvalue weighted by molar-refractivity contribution is 7.47. The van der Waals surface area contributed by atoms with Gasteiger partial charge in [0.1, 0.15) is 19.3 Å². The minimum absolute atomic E-state index is 0.108. The Hall–Kier alpha value is -1.94. The second-order valence-electron chi connectivity index (χ2n) is 31.2. The van der Waals surface area contributed by atoms with Crippen LogP contribution >= 0.6 is 15.6 Å². The van der Waals surface area contributed by atoms with Crippen molar-refractivity contribution >= 4 is 39.5 Å². The van der Waals surface area contributed by atoms with E-state index < -0.39 is 97.5 Å². The van der Waals surface area contributed by atoms with Crippen LogP contribution in [0, 0.1) is 5.92 Å². The minimum Gasteiger partial charge on any atom is -0.462 e. The van der Waals surface area contributed by atoms with Gasteiger partial charge >= 0.3 is 39.5 Å². The average Bonchev–Trinajstić information content (AvgIpc) is 0.950. The van der Waals surface area contributed by atoms with E-state index in [1.165, 1.54) is 289 Å².